The zero-order valence-electron chi connectivity index (χ0n) is 9.45. The van der Waals surface area contributed by atoms with Gasteiger partial charge in [0.05, 0.1) is 0 Å². The smallest absolute Gasteiger partial charge is 0.135 e. The van der Waals surface area contributed by atoms with Crippen molar-refractivity contribution in [3.05, 3.63) is 35.6 Å². The second kappa shape index (κ2) is 4.74. The van der Waals surface area contributed by atoms with E-state index in [1.807, 2.05) is 12.1 Å². The van der Waals surface area contributed by atoms with Crippen LogP contribution >= 0.6 is 0 Å². The maximum absolute atomic E-state index is 12.8. The summed E-state index contributed by atoms with van der Waals surface area (Å²) in [6.07, 6.45) is 1.29. The van der Waals surface area contributed by atoms with E-state index in [-0.39, 0.29) is 11.9 Å². The third-order valence-electron chi connectivity index (χ3n) is 3.26. The van der Waals surface area contributed by atoms with E-state index in [0.29, 0.717) is 18.6 Å². The van der Waals surface area contributed by atoms with Gasteiger partial charge in [-0.1, -0.05) is 12.1 Å². The molecule has 1 aliphatic heterocycles. The molecule has 1 aromatic carbocycles. The molecule has 0 spiro atoms. The van der Waals surface area contributed by atoms with Crippen LogP contribution in [-0.2, 0) is 4.79 Å². The minimum absolute atomic E-state index is 0.204. The van der Waals surface area contributed by atoms with Crippen molar-refractivity contribution in [1.82, 2.24) is 4.90 Å². The number of benzene rings is 1. The molecule has 0 N–H and O–H groups in total. The summed E-state index contributed by atoms with van der Waals surface area (Å²) in [6.45, 7) is 3.73. The van der Waals surface area contributed by atoms with E-state index in [1.54, 1.807) is 0 Å². The van der Waals surface area contributed by atoms with Gasteiger partial charge in [-0.25, -0.2) is 4.39 Å². The Balaban J connectivity index is 2.04. The van der Waals surface area contributed by atoms with Crippen LogP contribution in [0.2, 0.25) is 0 Å². The Morgan fingerprint density at radius 3 is 2.31 bits per heavy atom. The number of hydrogen-bond donors (Lipinski definition) is 0. The zero-order chi connectivity index (χ0) is 11.5. The molecule has 0 radical (unpaired) electrons. The third-order valence-corrected chi connectivity index (χ3v) is 3.26. The number of nitrogens with zero attached hydrogens (tertiary/aromatic N) is 1. The Morgan fingerprint density at radius 2 is 1.75 bits per heavy atom. The molecule has 1 aliphatic rings. The monoisotopic (exact) mass is 221 g/mol. The number of carbonyl (C=O) groups excluding carboxylic acids is 1. The Bertz CT molecular complexity index is 364. The first kappa shape index (κ1) is 11.3. The molecule has 1 unspecified atom stereocenters. The van der Waals surface area contributed by atoms with Crippen molar-refractivity contribution in [3.63, 3.8) is 0 Å². The zero-order valence-corrected chi connectivity index (χ0v) is 9.45. The van der Waals surface area contributed by atoms with Crippen LogP contribution in [0.4, 0.5) is 4.39 Å². The molecule has 1 aromatic rings. The van der Waals surface area contributed by atoms with Crippen molar-refractivity contribution >= 4 is 5.78 Å². The summed E-state index contributed by atoms with van der Waals surface area (Å²) in [7, 11) is 0. The number of carbonyl (C=O) groups is 1. The lowest BCUT2D eigenvalue weighted by Gasteiger charge is -2.32. The van der Waals surface area contributed by atoms with E-state index >= 15 is 0 Å². The van der Waals surface area contributed by atoms with Gasteiger partial charge in [-0.3, -0.25) is 9.69 Å². The number of hydrogen-bond acceptors (Lipinski definition) is 2. The van der Waals surface area contributed by atoms with Crippen LogP contribution in [0.3, 0.4) is 0 Å². The molecule has 3 heteroatoms. The van der Waals surface area contributed by atoms with Gasteiger partial charge >= 0.3 is 0 Å². The highest BCUT2D eigenvalue weighted by Gasteiger charge is 2.21. The third kappa shape index (κ3) is 2.47. The number of piperidine rings is 1. The molecule has 1 saturated heterocycles. The summed E-state index contributed by atoms with van der Waals surface area (Å²) < 4.78 is 12.8. The van der Waals surface area contributed by atoms with Crippen molar-refractivity contribution < 1.29 is 9.18 Å². The molecular weight excluding hydrogens is 205 g/mol. The van der Waals surface area contributed by atoms with Crippen molar-refractivity contribution in [3.8, 4) is 0 Å². The van der Waals surface area contributed by atoms with Crippen LogP contribution in [0.5, 0.6) is 0 Å². The lowest BCUT2D eigenvalue weighted by atomic mass is 10.0. The molecule has 0 saturated carbocycles. The van der Waals surface area contributed by atoms with Crippen LogP contribution < -0.4 is 0 Å². The maximum atomic E-state index is 12.8. The van der Waals surface area contributed by atoms with E-state index in [9.17, 15) is 9.18 Å². The second-order valence-electron chi connectivity index (χ2n) is 4.30. The summed E-state index contributed by atoms with van der Waals surface area (Å²) in [5.74, 6) is 0.146. The fourth-order valence-corrected chi connectivity index (χ4v) is 2.11. The number of Topliss-reactive ketones (excluding diaryl/α,β-unsaturated/α-hetero) is 1. The van der Waals surface area contributed by atoms with Crippen molar-refractivity contribution in [1.29, 1.82) is 0 Å². The van der Waals surface area contributed by atoms with Crippen LogP contribution in [0.15, 0.2) is 24.3 Å². The predicted octanol–water partition coefficient (Wildman–Crippen LogP) is 2.55. The first-order valence-electron chi connectivity index (χ1n) is 5.68. The molecule has 0 aromatic heterocycles. The highest BCUT2D eigenvalue weighted by molar-refractivity contribution is 5.79. The van der Waals surface area contributed by atoms with Gasteiger partial charge < -0.3 is 0 Å². The summed E-state index contributed by atoms with van der Waals surface area (Å²) in [5, 5.41) is 0. The second-order valence-corrected chi connectivity index (χ2v) is 4.30. The highest BCUT2D eigenvalue weighted by atomic mass is 19.1. The Hall–Kier alpha value is -1.22. The average molecular weight is 221 g/mol. The van der Waals surface area contributed by atoms with Crippen molar-refractivity contribution in [2.45, 2.75) is 25.8 Å². The number of likely N-dealkylation sites (tertiary alicyclic amines) is 1. The molecule has 1 atom stereocenters. The summed E-state index contributed by atoms with van der Waals surface area (Å²) in [6, 6.07) is 6.86. The fraction of sp³-hybridized carbons (Fsp3) is 0.462. The van der Waals surface area contributed by atoms with Crippen molar-refractivity contribution in [2.24, 2.45) is 0 Å². The van der Waals surface area contributed by atoms with E-state index in [1.165, 1.54) is 12.1 Å². The van der Waals surface area contributed by atoms with E-state index in [4.69, 9.17) is 0 Å². The molecule has 0 amide bonds. The SMILES string of the molecule is CC(c1ccc(F)cc1)N1CCC(=O)CC1. The molecule has 16 heavy (non-hydrogen) atoms. The van der Waals surface area contributed by atoms with Crippen LogP contribution in [-0.4, -0.2) is 23.8 Å². The van der Waals surface area contributed by atoms with Gasteiger partial charge in [-0.05, 0) is 24.6 Å². The van der Waals surface area contributed by atoms with E-state index in [2.05, 4.69) is 11.8 Å². The average Bonchev–Trinajstić information content (AvgIpc) is 2.30. The Morgan fingerprint density at radius 1 is 1.19 bits per heavy atom. The van der Waals surface area contributed by atoms with Gasteiger partial charge in [0.1, 0.15) is 11.6 Å². The Kier molecular flexibility index (Phi) is 3.34. The minimum Gasteiger partial charge on any atom is -0.300 e. The molecule has 0 bridgehead atoms. The minimum atomic E-state index is -0.204. The topological polar surface area (TPSA) is 20.3 Å². The standard InChI is InChI=1S/C13H16FNO/c1-10(11-2-4-12(14)5-3-11)15-8-6-13(16)7-9-15/h2-5,10H,6-9H2,1H3. The van der Waals surface area contributed by atoms with Gasteiger partial charge in [0, 0.05) is 32.0 Å². The molecule has 0 aliphatic carbocycles. The van der Waals surface area contributed by atoms with Crippen LogP contribution in [0.1, 0.15) is 31.4 Å². The van der Waals surface area contributed by atoms with Gasteiger partial charge in [0.2, 0.25) is 0 Å². The number of rotatable bonds is 2. The molecule has 2 nitrogen and oxygen atoms in total. The van der Waals surface area contributed by atoms with Crippen LogP contribution in [0, 0.1) is 5.82 Å². The molecule has 1 heterocycles. The maximum Gasteiger partial charge on any atom is 0.135 e. The predicted molar refractivity (Wildman–Crippen MR) is 60.6 cm³/mol. The Labute approximate surface area is 95.1 Å². The van der Waals surface area contributed by atoms with E-state index < -0.39 is 0 Å². The normalized spacial score (nSPS) is 19.8. The lowest BCUT2D eigenvalue weighted by Crippen LogP contribution is -2.35. The molecule has 2 rings (SSSR count). The summed E-state index contributed by atoms with van der Waals surface area (Å²) in [4.78, 5) is 13.4. The van der Waals surface area contributed by atoms with Gasteiger partial charge in [0.25, 0.3) is 0 Å². The quantitative estimate of drug-likeness (QED) is 0.765. The number of ketones is 1. The van der Waals surface area contributed by atoms with E-state index in [0.717, 1.165) is 18.7 Å². The first-order valence-corrected chi connectivity index (χ1v) is 5.68. The van der Waals surface area contributed by atoms with Gasteiger partial charge in [-0.2, -0.15) is 0 Å². The highest BCUT2D eigenvalue weighted by Crippen LogP contribution is 2.23. The first-order chi connectivity index (χ1) is 7.66. The lowest BCUT2D eigenvalue weighted by molar-refractivity contribution is -0.121. The molecule has 1 fully saturated rings. The van der Waals surface area contributed by atoms with Gasteiger partial charge in [0.15, 0.2) is 0 Å². The fourth-order valence-electron chi connectivity index (χ4n) is 2.11. The summed E-state index contributed by atoms with van der Waals surface area (Å²) >= 11 is 0. The van der Waals surface area contributed by atoms with Crippen molar-refractivity contribution in [2.75, 3.05) is 13.1 Å². The van der Waals surface area contributed by atoms with Gasteiger partial charge in [-0.15, -0.1) is 0 Å². The molecular formula is C13H16FNO. The number of halogens is 1. The summed E-state index contributed by atoms with van der Waals surface area (Å²) in [5.41, 5.74) is 1.11. The van der Waals surface area contributed by atoms with Crippen LogP contribution in [0.25, 0.3) is 0 Å². The molecule has 86 valence electrons. The largest absolute Gasteiger partial charge is 0.300 e.